The van der Waals surface area contributed by atoms with Gasteiger partial charge in [0, 0.05) is 45.4 Å². The highest BCUT2D eigenvalue weighted by atomic mass is 16.5. The molecule has 160 valence electrons. The van der Waals surface area contributed by atoms with Crippen LogP contribution in [0.2, 0.25) is 0 Å². The molecule has 8 heteroatoms. The fraction of sp³-hybridized carbons (Fsp3) is 0.500. The van der Waals surface area contributed by atoms with Gasteiger partial charge in [-0.25, -0.2) is 9.97 Å². The zero-order valence-electron chi connectivity index (χ0n) is 17.3. The first-order valence-electron chi connectivity index (χ1n) is 10.5. The highest BCUT2D eigenvalue weighted by molar-refractivity contribution is 5.92. The molecule has 0 spiro atoms. The maximum Gasteiger partial charge on any atom is 0.270 e. The number of ether oxygens (including phenoxy) is 1. The van der Waals surface area contributed by atoms with Gasteiger partial charge in [-0.2, -0.15) is 0 Å². The number of aliphatic hydroxyl groups is 1. The highest BCUT2D eigenvalue weighted by Gasteiger charge is 2.29. The van der Waals surface area contributed by atoms with E-state index < -0.39 is 6.10 Å². The molecule has 1 aromatic heterocycles. The van der Waals surface area contributed by atoms with Crippen molar-refractivity contribution in [3.8, 4) is 0 Å². The molecule has 2 aromatic rings. The van der Waals surface area contributed by atoms with E-state index in [0.717, 1.165) is 32.4 Å². The Labute approximate surface area is 176 Å². The molecule has 0 bridgehead atoms. The van der Waals surface area contributed by atoms with E-state index in [1.54, 1.807) is 13.2 Å². The van der Waals surface area contributed by atoms with Crippen molar-refractivity contribution in [2.45, 2.75) is 44.1 Å². The molecule has 2 heterocycles. The molecule has 0 saturated heterocycles. The van der Waals surface area contributed by atoms with Gasteiger partial charge in [0.15, 0.2) is 0 Å². The molecule has 1 aliphatic heterocycles. The first-order valence-corrected chi connectivity index (χ1v) is 10.5. The van der Waals surface area contributed by atoms with Crippen LogP contribution in [0.3, 0.4) is 0 Å². The van der Waals surface area contributed by atoms with Crippen molar-refractivity contribution < 1.29 is 14.6 Å². The first-order chi connectivity index (χ1) is 14.6. The molecule has 1 saturated carbocycles. The number of aromatic nitrogens is 2. The maximum absolute atomic E-state index is 12.5. The number of benzene rings is 1. The van der Waals surface area contributed by atoms with Crippen molar-refractivity contribution >= 4 is 11.7 Å². The maximum atomic E-state index is 12.5. The number of amides is 1. The van der Waals surface area contributed by atoms with Crippen molar-refractivity contribution in [2.24, 2.45) is 0 Å². The lowest BCUT2D eigenvalue weighted by Crippen LogP contribution is -2.42. The minimum absolute atomic E-state index is 0.182. The predicted octanol–water partition coefficient (Wildman–Crippen LogP) is 1.21. The molecule has 1 aliphatic carbocycles. The molecule has 30 heavy (non-hydrogen) atoms. The van der Waals surface area contributed by atoms with E-state index in [9.17, 15) is 9.90 Å². The third-order valence-electron chi connectivity index (χ3n) is 5.86. The molecule has 1 fully saturated rings. The molecule has 8 nitrogen and oxygen atoms in total. The quantitative estimate of drug-likeness (QED) is 0.600. The van der Waals surface area contributed by atoms with Gasteiger partial charge in [0.2, 0.25) is 0 Å². The Balaban J connectivity index is 1.23. The van der Waals surface area contributed by atoms with Crippen LogP contribution >= 0.6 is 0 Å². The summed E-state index contributed by atoms with van der Waals surface area (Å²) in [5.74, 6) is 0.314. The van der Waals surface area contributed by atoms with Gasteiger partial charge in [-0.3, -0.25) is 9.69 Å². The van der Waals surface area contributed by atoms with E-state index in [1.807, 2.05) is 6.07 Å². The van der Waals surface area contributed by atoms with E-state index in [1.165, 1.54) is 17.5 Å². The van der Waals surface area contributed by atoms with E-state index in [-0.39, 0.29) is 18.1 Å². The number of carbonyl (C=O) groups excluding carboxylic acids is 1. The van der Waals surface area contributed by atoms with Crippen LogP contribution in [0.25, 0.3) is 0 Å². The number of methoxy groups -OCH3 is 1. The van der Waals surface area contributed by atoms with Gasteiger partial charge in [0.25, 0.3) is 5.91 Å². The van der Waals surface area contributed by atoms with Crippen molar-refractivity contribution in [1.29, 1.82) is 0 Å². The Hall–Kier alpha value is -2.55. The molecule has 4 rings (SSSR count). The predicted molar refractivity (Wildman–Crippen MR) is 113 cm³/mol. The van der Waals surface area contributed by atoms with E-state index >= 15 is 0 Å². The molecular weight excluding hydrogens is 382 g/mol. The number of nitrogens with zero attached hydrogens (tertiary/aromatic N) is 3. The van der Waals surface area contributed by atoms with Crippen molar-refractivity contribution in [3.05, 3.63) is 53.5 Å². The zero-order chi connectivity index (χ0) is 20.9. The van der Waals surface area contributed by atoms with Crippen LogP contribution in [-0.2, 0) is 17.7 Å². The summed E-state index contributed by atoms with van der Waals surface area (Å²) >= 11 is 0. The summed E-state index contributed by atoms with van der Waals surface area (Å²) in [7, 11) is 1.71. The molecule has 1 amide bonds. The molecule has 1 aromatic carbocycles. The minimum atomic E-state index is -0.639. The molecule has 0 radical (unpaired) electrons. The van der Waals surface area contributed by atoms with Crippen LogP contribution in [0.5, 0.6) is 0 Å². The van der Waals surface area contributed by atoms with Gasteiger partial charge in [0.05, 0.1) is 12.2 Å². The number of aliphatic hydroxyl groups excluding tert-OH is 1. The van der Waals surface area contributed by atoms with Crippen LogP contribution in [-0.4, -0.2) is 70.9 Å². The molecule has 3 N–H and O–H groups in total. The van der Waals surface area contributed by atoms with Crippen molar-refractivity contribution in [2.75, 3.05) is 32.1 Å². The molecule has 1 atom stereocenters. The summed E-state index contributed by atoms with van der Waals surface area (Å²) in [6.45, 7) is 2.44. The smallest absolute Gasteiger partial charge is 0.270 e. The Morgan fingerprint density at radius 2 is 2.10 bits per heavy atom. The summed E-state index contributed by atoms with van der Waals surface area (Å²) in [6, 6.07) is 10.4. The number of β-amino-alcohol motifs (C(OH)–C–C–N with tert-alkyl or cyclic N) is 1. The van der Waals surface area contributed by atoms with Gasteiger partial charge >= 0.3 is 0 Å². The van der Waals surface area contributed by atoms with Crippen LogP contribution in [0.1, 0.15) is 34.5 Å². The normalized spacial score (nSPS) is 21.9. The number of fused-ring (bicyclic) bond motifs is 1. The van der Waals surface area contributed by atoms with Gasteiger partial charge in [-0.1, -0.05) is 24.3 Å². The SMILES string of the molecule is CO[C@H]1C[C@@H](Nc2cc(C(=O)NC[C@H](O)CN3CCc4ccccc4C3)ncn2)C1. The van der Waals surface area contributed by atoms with E-state index in [4.69, 9.17) is 4.74 Å². The molecule has 2 aliphatic rings. The van der Waals surface area contributed by atoms with Crippen LogP contribution in [0.4, 0.5) is 5.82 Å². The van der Waals surface area contributed by atoms with Gasteiger partial charge in [0.1, 0.15) is 17.8 Å². The van der Waals surface area contributed by atoms with Gasteiger partial charge < -0.3 is 20.5 Å². The fourth-order valence-corrected chi connectivity index (χ4v) is 4.02. The third kappa shape index (κ3) is 5.13. The lowest BCUT2D eigenvalue weighted by Gasteiger charge is -2.34. The Morgan fingerprint density at radius 1 is 1.30 bits per heavy atom. The first kappa shape index (κ1) is 20.7. The van der Waals surface area contributed by atoms with Crippen LogP contribution in [0.15, 0.2) is 36.7 Å². The van der Waals surface area contributed by atoms with Crippen molar-refractivity contribution in [3.63, 3.8) is 0 Å². The summed E-state index contributed by atoms with van der Waals surface area (Å²) in [6.07, 6.45) is 3.87. The molecular formula is C22H29N5O3. The Morgan fingerprint density at radius 3 is 2.90 bits per heavy atom. The number of hydrogen-bond donors (Lipinski definition) is 3. The van der Waals surface area contributed by atoms with Gasteiger partial charge in [-0.05, 0) is 30.4 Å². The fourth-order valence-electron chi connectivity index (χ4n) is 4.02. The van der Waals surface area contributed by atoms with Crippen molar-refractivity contribution in [1.82, 2.24) is 20.2 Å². The number of rotatable bonds is 8. The summed E-state index contributed by atoms with van der Waals surface area (Å²) < 4.78 is 5.28. The topological polar surface area (TPSA) is 99.6 Å². The summed E-state index contributed by atoms with van der Waals surface area (Å²) in [5.41, 5.74) is 2.97. The van der Waals surface area contributed by atoms with Gasteiger partial charge in [-0.15, -0.1) is 0 Å². The summed E-state index contributed by atoms with van der Waals surface area (Å²) in [4.78, 5) is 22.9. The second-order valence-corrected chi connectivity index (χ2v) is 8.08. The summed E-state index contributed by atoms with van der Waals surface area (Å²) in [5, 5.41) is 16.5. The average molecular weight is 412 g/mol. The largest absolute Gasteiger partial charge is 0.390 e. The third-order valence-corrected chi connectivity index (χ3v) is 5.86. The van der Waals surface area contributed by atoms with Crippen LogP contribution in [0, 0.1) is 0 Å². The number of anilines is 1. The lowest BCUT2D eigenvalue weighted by atomic mass is 9.89. The number of hydrogen-bond acceptors (Lipinski definition) is 7. The second kappa shape index (κ2) is 9.51. The zero-order valence-corrected chi connectivity index (χ0v) is 17.3. The number of carbonyl (C=O) groups is 1. The lowest BCUT2D eigenvalue weighted by molar-refractivity contribution is 0.0328. The van der Waals surface area contributed by atoms with Crippen LogP contribution < -0.4 is 10.6 Å². The number of nitrogens with one attached hydrogen (secondary N) is 2. The average Bonchev–Trinajstić information content (AvgIpc) is 2.74. The second-order valence-electron chi connectivity index (χ2n) is 8.08. The monoisotopic (exact) mass is 411 g/mol. The Bertz CT molecular complexity index is 871. The highest BCUT2D eigenvalue weighted by Crippen LogP contribution is 2.25. The minimum Gasteiger partial charge on any atom is -0.390 e. The molecule has 0 unspecified atom stereocenters. The Kier molecular flexibility index (Phi) is 6.56. The standard InChI is InChI=1S/C22H29N5O3/c1-30-19-8-17(9-19)26-21-10-20(24-14-25-21)22(29)23-11-18(28)13-27-7-6-15-4-2-3-5-16(15)12-27/h2-5,10,14,17-19,28H,6-9,11-13H2,1H3,(H,23,29)(H,24,25,26)/t17-,18-,19+/m0/s1. The van der Waals surface area contributed by atoms with E-state index in [2.05, 4.69) is 43.7 Å². The van der Waals surface area contributed by atoms with E-state index in [0.29, 0.717) is 24.5 Å².